The standard InChI is InChI=1S/C22H16ClN5O5/c23-15-7-9-16(10-8-15)25-20(29)18-3-1-2-4-19(18)26-21(30)22(31)27-24-13-14-5-11-17(12-6-14)28(32)33/h1-13H,(H,25,29)(H,26,30)(H,27,31)/b24-13-. The molecular weight excluding hydrogens is 450 g/mol. The first-order valence-electron chi connectivity index (χ1n) is 9.38. The molecule has 0 aliphatic carbocycles. The minimum atomic E-state index is -1.07. The van der Waals surface area contributed by atoms with E-state index in [9.17, 15) is 24.5 Å². The maximum Gasteiger partial charge on any atom is 0.329 e. The number of anilines is 2. The summed E-state index contributed by atoms with van der Waals surface area (Å²) in [5.74, 6) is -2.60. The molecule has 0 saturated heterocycles. The summed E-state index contributed by atoms with van der Waals surface area (Å²) in [7, 11) is 0. The number of benzene rings is 3. The summed E-state index contributed by atoms with van der Waals surface area (Å²) in [6.45, 7) is 0. The number of nitro groups is 1. The van der Waals surface area contributed by atoms with E-state index in [1.165, 1.54) is 42.6 Å². The number of nitrogens with zero attached hydrogens (tertiary/aromatic N) is 2. The predicted octanol–water partition coefficient (Wildman–Crippen LogP) is 3.59. The van der Waals surface area contributed by atoms with Crippen LogP contribution in [0.1, 0.15) is 15.9 Å². The van der Waals surface area contributed by atoms with E-state index in [-0.39, 0.29) is 16.9 Å². The Labute approximate surface area is 192 Å². The quantitative estimate of drug-likeness (QED) is 0.220. The van der Waals surface area contributed by atoms with Gasteiger partial charge in [0, 0.05) is 22.8 Å². The second-order valence-corrected chi connectivity index (χ2v) is 6.94. The van der Waals surface area contributed by atoms with Gasteiger partial charge in [0.15, 0.2) is 0 Å². The van der Waals surface area contributed by atoms with Crippen LogP contribution >= 0.6 is 11.6 Å². The van der Waals surface area contributed by atoms with Crippen LogP contribution in [0.2, 0.25) is 5.02 Å². The van der Waals surface area contributed by atoms with Gasteiger partial charge in [-0.25, -0.2) is 5.43 Å². The molecule has 33 heavy (non-hydrogen) atoms. The molecule has 0 fully saturated rings. The van der Waals surface area contributed by atoms with E-state index < -0.39 is 22.6 Å². The van der Waals surface area contributed by atoms with Gasteiger partial charge >= 0.3 is 11.8 Å². The fourth-order valence-corrected chi connectivity index (χ4v) is 2.73. The minimum absolute atomic E-state index is 0.0886. The number of carbonyl (C=O) groups is 3. The molecule has 10 nitrogen and oxygen atoms in total. The van der Waals surface area contributed by atoms with Gasteiger partial charge < -0.3 is 10.6 Å². The van der Waals surface area contributed by atoms with Crippen LogP contribution in [0.15, 0.2) is 77.9 Å². The van der Waals surface area contributed by atoms with Crippen molar-refractivity contribution in [2.75, 3.05) is 10.6 Å². The van der Waals surface area contributed by atoms with Crippen molar-refractivity contribution in [2.45, 2.75) is 0 Å². The maximum absolute atomic E-state index is 12.6. The summed E-state index contributed by atoms with van der Waals surface area (Å²) in [5, 5.41) is 19.9. The first-order chi connectivity index (χ1) is 15.8. The van der Waals surface area contributed by atoms with E-state index in [1.54, 1.807) is 36.4 Å². The molecule has 0 aliphatic rings. The molecule has 3 rings (SSSR count). The van der Waals surface area contributed by atoms with Crippen LogP contribution in [-0.4, -0.2) is 28.9 Å². The zero-order chi connectivity index (χ0) is 23.8. The number of hydrazone groups is 1. The molecule has 11 heteroatoms. The molecule has 0 radical (unpaired) electrons. The lowest BCUT2D eigenvalue weighted by molar-refractivity contribution is -0.384. The lowest BCUT2D eigenvalue weighted by Gasteiger charge is -2.11. The molecule has 0 aliphatic heterocycles. The number of nitro benzene ring substituents is 1. The van der Waals surface area contributed by atoms with E-state index in [1.807, 2.05) is 0 Å². The summed E-state index contributed by atoms with van der Waals surface area (Å²) < 4.78 is 0. The molecular formula is C22H16ClN5O5. The minimum Gasteiger partial charge on any atom is -0.322 e. The molecule has 0 aromatic heterocycles. The first kappa shape index (κ1) is 23.1. The molecule has 0 spiro atoms. The van der Waals surface area contributed by atoms with Crippen molar-refractivity contribution in [1.29, 1.82) is 0 Å². The monoisotopic (exact) mass is 465 g/mol. The molecule has 3 amide bonds. The van der Waals surface area contributed by atoms with Gasteiger partial charge in [0.25, 0.3) is 11.6 Å². The van der Waals surface area contributed by atoms with Crippen molar-refractivity contribution < 1.29 is 19.3 Å². The molecule has 0 saturated carbocycles. The van der Waals surface area contributed by atoms with Crippen molar-refractivity contribution >= 4 is 52.6 Å². The second kappa shape index (κ2) is 10.6. The van der Waals surface area contributed by atoms with E-state index >= 15 is 0 Å². The SMILES string of the molecule is O=C(N/N=C\c1ccc([N+](=O)[O-])cc1)C(=O)Nc1ccccc1C(=O)Nc1ccc(Cl)cc1. The highest BCUT2D eigenvalue weighted by Gasteiger charge is 2.17. The molecule has 0 atom stereocenters. The summed E-state index contributed by atoms with van der Waals surface area (Å²) in [6.07, 6.45) is 1.22. The van der Waals surface area contributed by atoms with Crippen LogP contribution in [-0.2, 0) is 9.59 Å². The second-order valence-electron chi connectivity index (χ2n) is 6.51. The van der Waals surface area contributed by atoms with Gasteiger partial charge in [0.05, 0.1) is 22.4 Å². The average molecular weight is 466 g/mol. The average Bonchev–Trinajstić information content (AvgIpc) is 2.81. The van der Waals surface area contributed by atoms with Gasteiger partial charge in [-0.15, -0.1) is 0 Å². The van der Waals surface area contributed by atoms with Gasteiger partial charge in [-0.1, -0.05) is 23.7 Å². The van der Waals surface area contributed by atoms with Gasteiger partial charge in [-0.2, -0.15) is 5.10 Å². The number of nitrogens with one attached hydrogen (secondary N) is 3. The number of hydrogen-bond donors (Lipinski definition) is 3. The smallest absolute Gasteiger partial charge is 0.322 e. The topological polar surface area (TPSA) is 143 Å². The van der Waals surface area contributed by atoms with Crippen LogP contribution in [0, 0.1) is 10.1 Å². The number of amides is 3. The van der Waals surface area contributed by atoms with E-state index in [4.69, 9.17) is 11.6 Å². The Morgan fingerprint density at radius 3 is 2.21 bits per heavy atom. The normalized spacial score (nSPS) is 10.5. The number of hydrogen-bond acceptors (Lipinski definition) is 6. The zero-order valence-electron chi connectivity index (χ0n) is 16.8. The van der Waals surface area contributed by atoms with Crippen LogP contribution in [0.25, 0.3) is 0 Å². The molecule has 3 aromatic carbocycles. The largest absolute Gasteiger partial charge is 0.329 e. The van der Waals surface area contributed by atoms with Gasteiger partial charge in [-0.3, -0.25) is 24.5 Å². The molecule has 0 unspecified atom stereocenters. The maximum atomic E-state index is 12.6. The summed E-state index contributed by atoms with van der Waals surface area (Å²) in [5.41, 5.74) is 3.22. The summed E-state index contributed by atoms with van der Waals surface area (Å²) >= 11 is 5.83. The Kier molecular flexibility index (Phi) is 7.45. The van der Waals surface area contributed by atoms with Crippen molar-refractivity contribution in [3.8, 4) is 0 Å². The highest BCUT2D eigenvalue weighted by molar-refractivity contribution is 6.40. The predicted molar refractivity (Wildman–Crippen MR) is 123 cm³/mol. The first-order valence-corrected chi connectivity index (χ1v) is 9.76. The molecule has 0 bridgehead atoms. The molecule has 166 valence electrons. The van der Waals surface area contributed by atoms with Crippen molar-refractivity contribution in [2.24, 2.45) is 5.10 Å². The van der Waals surface area contributed by atoms with E-state index in [0.29, 0.717) is 16.3 Å². The van der Waals surface area contributed by atoms with Crippen molar-refractivity contribution in [3.63, 3.8) is 0 Å². The van der Waals surface area contributed by atoms with Gasteiger partial charge in [-0.05, 0) is 54.1 Å². The third kappa shape index (κ3) is 6.45. The summed E-state index contributed by atoms with van der Waals surface area (Å²) in [4.78, 5) is 47.0. The Bertz CT molecular complexity index is 1230. The van der Waals surface area contributed by atoms with E-state index in [0.717, 1.165) is 0 Å². The summed E-state index contributed by atoms with van der Waals surface area (Å²) in [6, 6.07) is 18.1. The third-order valence-electron chi connectivity index (χ3n) is 4.21. The Morgan fingerprint density at radius 2 is 1.55 bits per heavy atom. The van der Waals surface area contributed by atoms with Crippen LogP contribution in [0.4, 0.5) is 17.1 Å². The zero-order valence-corrected chi connectivity index (χ0v) is 17.6. The van der Waals surface area contributed by atoms with Gasteiger partial charge in [0.1, 0.15) is 0 Å². The third-order valence-corrected chi connectivity index (χ3v) is 4.46. The highest BCUT2D eigenvalue weighted by atomic mass is 35.5. The number of rotatable bonds is 6. The van der Waals surface area contributed by atoms with Crippen molar-refractivity contribution in [1.82, 2.24) is 5.43 Å². The Balaban J connectivity index is 1.61. The lowest BCUT2D eigenvalue weighted by Crippen LogP contribution is -2.33. The fraction of sp³-hybridized carbons (Fsp3) is 0. The Morgan fingerprint density at radius 1 is 0.879 bits per heavy atom. The van der Waals surface area contributed by atoms with Crippen LogP contribution in [0.3, 0.4) is 0 Å². The molecule has 3 aromatic rings. The van der Waals surface area contributed by atoms with Gasteiger partial charge in [0.2, 0.25) is 0 Å². The number of non-ortho nitro benzene ring substituents is 1. The Hall–Kier alpha value is -4.57. The lowest BCUT2D eigenvalue weighted by atomic mass is 10.1. The van der Waals surface area contributed by atoms with E-state index in [2.05, 4.69) is 21.2 Å². The fourth-order valence-electron chi connectivity index (χ4n) is 2.60. The number of halogens is 1. The molecule has 3 N–H and O–H groups in total. The van der Waals surface area contributed by atoms with Crippen molar-refractivity contribution in [3.05, 3.63) is 99.1 Å². The van der Waals surface area contributed by atoms with Crippen LogP contribution in [0.5, 0.6) is 0 Å². The van der Waals surface area contributed by atoms with Crippen LogP contribution < -0.4 is 16.1 Å². The number of para-hydroxylation sites is 1. The highest BCUT2D eigenvalue weighted by Crippen LogP contribution is 2.19. The number of carbonyl (C=O) groups excluding carboxylic acids is 3. The molecule has 0 heterocycles.